The zero-order valence-corrected chi connectivity index (χ0v) is 18.8. The third-order valence-electron chi connectivity index (χ3n) is 4.98. The zero-order valence-electron chi connectivity index (χ0n) is 18.8. The Balaban J connectivity index is 1.54. The van der Waals surface area contributed by atoms with Crippen LogP contribution in [0.5, 0.6) is 0 Å². The fourth-order valence-corrected chi connectivity index (χ4v) is 3.16. The Bertz CT molecular complexity index is 1100. The number of nitrogens with one attached hydrogen (secondary N) is 3. The van der Waals surface area contributed by atoms with Gasteiger partial charge < -0.3 is 20.9 Å². The van der Waals surface area contributed by atoms with Gasteiger partial charge in [0.15, 0.2) is 0 Å². The van der Waals surface area contributed by atoms with Crippen LogP contribution in [0.3, 0.4) is 0 Å². The van der Waals surface area contributed by atoms with Crippen molar-refractivity contribution in [2.75, 3.05) is 35.7 Å². The molecule has 3 aromatic carbocycles. The summed E-state index contributed by atoms with van der Waals surface area (Å²) in [5, 5.41) is 8.66. The average Bonchev–Trinajstić information content (AvgIpc) is 2.86. The predicted octanol–water partition coefficient (Wildman–Crippen LogP) is 4.15. The number of carbonyl (C=O) groups is 3. The molecule has 0 radical (unpaired) electrons. The van der Waals surface area contributed by atoms with Gasteiger partial charge in [0, 0.05) is 41.8 Å². The number of hydrogen-bond donors (Lipinski definition) is 3. The Morgan fingerprint density at radius 2 is 1.55 bits per heavy atom. The molecule has 3 amide bonds. The van der Waals surface area contributed by atoms with Crippen molar-refractivity contribution < 1.29 is 14.4 Å². The van der Waals surface area contributed by atoms with Gasteiger partial charge in [0.25, 0.3) is 11.8 Å². The van der Waals surface area contributed by atoms with E-state index in [4.69, 9.17) is 0 Å². The van der Waals surface area contributed by atoms with Gasteiger partial charge >= 0.3 is 0 Å². The molecule has 0 saturated heterocycles. The standard InChI is InChI=1S/C26H28N4O3/c1-3-16-27-25(32)19-12-14-21(15-13-19)28-18-24(31)29-22-9-7-8-20(17-22)26(33)30(2)23-10-5-4-6-11-23/h4-15,17,28H,3,16,18H2,1-2H3,(H,27,32)(H,29,31). The maximum atomic E-state index is 12.8. The Hall–Kier alpha value is -4.13. The fraction of sp³-hybridized carbons (Fsp3) is 0.192. The van der Waals surface area contributed by atoms with Gasteiger partial charge in [-0.25, -0.2) is 0 Å². The lowest BCUT2D eigenvalue weighted by molar-refractivity contribution is -0.114. The van der Waals surface area contributed by atoms with Crippen LogP contribution in [0.2, 0.25) is 0 Å². The van der Waals surface area contributed by atoms with Crippen molar-refractivity contribution in [2.24, 2.45) is 0 Å². The molecule has 0 aliphatic heterocycles. The van der Waals surface area contributed by atoms with Crippen molar-refractivity contribution in [2.45, 2.75) is 13.3 Å². The van der Waals surface area contributed by atoms with E-state index in [0.717, 1.165) is 17.8 Å². The van der Waals surface area contributed by atoms with Crippen LogP contribution in [-0.4, -0.2) is 37.9 Å². The van der Waals surface area contributed by atoms with E-state index < -0.39 is 0 Å². The fourth-order valence-electron chi connectivity index (χ4n) is 3.16. The van der Waals surface area contributed by atoms with Gasteiger partial charge in [-0.2, -0.15) is 0 Å². The molecular formula is C26H28N4O3. The number of anilines is 3. The van der Waals surface area contributed by atoms with Crippen molar-refractivity contribution in [3.8, 4) is 0 Å². The third-order valence-corrected chi connectivity index (χ3v) is 4.98. The molecule has 0 aliphatic rings. The van der Waals surface area contributed by atoms with Crippen LogP contribution in [0.15, 0.2) is 78.9 Å². The lowest BCUT2D eigenvalue weighted by Crippen LogP contribution is -2.26. The zero-order chi connectivity index (χ0) is 23.6. The van der Waals surface area contributed by atoms with E-state index in [-0.39, 0.29) is 24.3 Å². The summed E-state index contributed by atoms with van der Waals surface area (Å²) in [6, 6.07) is 23.1. The van der Waals surface area contributed by atoms with Crippen LogP contribution in [0, 0.1) is 0 Å². The summed E-state index contributed by atoms with van der Waals surface area (Å²) >= 11 is 0. The molecule has 0 atom stereocenters. The number of nitrogens with zero attached hydrogens (tertiary/aromatic N) is 1. The van der Waals surface area contributed by atoms with Crippen LogP contribution in [0.25, 0.3) is 0 Å². The Morgan fingerprint density at radius 3 is 2.24 bits per heavy atom. The van der Waals surface area contributed by atoms with Crippen LogP contribution in [0.4, 0.5) is 17.1 Å². The maximum absolute atomic E-state index is 12.8. The van der Waals surface area contributed by atoms with Gasteiger partial charge in [-0.05, 0) is 61.0 Å². The number of carbonyl (C=O) groups excluding carboxylic acids is 3. The molecule has 0 bridgehead atoms. The quantitative estimate of drug-likeness (QED) is 0.462. The molecule has 7 nitrogen and oxygen atoms in total. The minimum atomic E-state index is -0.249. The highest BCUT2D eigenvalue weighted by Crippen LogP contribution is 2.17. The minimum Gasteiger partial charge on any atom is -0.376 e. The molecule has 0 heterocycles. The van der Waals surface area contributed by atoms with Crippen molar-refractivity contribution in [3.05, 3.63) is 90.0 Å². The molecular weight excluding hydrogens is 416 g/mol. The second-order valence-corrected chi connectivity index (χ2v) is 7.52. The van der Waals surface area contributed by atoms with Crippen LogP contribution in [-0.2, 0) is 4.79 Å². The van der Waals surface area contributed by atoms with Gasteiger partial charge in [0.05, 0.1) is 6.54 Å². The molecule has 0 fully saturated rings. The summed E-state index contributed by atoms with van der Waals surface area (Å²) in [7, 11) is 1.71. The number of benzene rings is 3. The predicted molar refractivity (Wildman–Crippen MR) is 132 cm³/mol. The van der Waals surface area contributed by atoms with E-state index >= 15 is 0 Å². The van der Waals surface area contributed by atoms with E-state index in [1.165, 1.54) is 0 Å². The first-order valence-corrected chi connectivity index (χ1v) is 10.8. The second-order valence-electron chi connectivity index (χ2n) is 7.52. The summed E-state index contributed by atoms with van der Waals surface area (Å²) < 4.78 is 0. The molecule has 0 aliphatic carbocycles. The number of rotatable bonds is 9. The van der Waals surface area contributed by atoms with E-state index in [1.54, 1.807) is 60.5 Å². The van der Waals surface area contributed by atoms with Crippen LogP contribution >= 0.6 is 0 Å². The lowest BCUT2D eigenvalue weighted by atomic mass is 10.1. The highest BCUT2D eigenvalue weighted by Gasteiger charge is 2.14. The van der Waals surface area contributed by atoms with E-state index in [9.17, 15) is 14.4 Å². The van der Waals surface area contributed by atoms with Crippen molar-refractivity contribution >= 4 is 34.8 Å². The molecule has 0 saturated carbocycles. The molecule has 7 heteroatoms. The monoisotopic (exact) mass is 444 g/mol. The highest BCUT2D eigenvalue weighted by atomic mass is 16.2. The topological polar surface area (TPSA) is 90.5 Å². The van der Waals surface area contributed by atoms with Crippen molar-refractivity contribution in [3.63, 3.8) is 0 Å². The Morgan fingerprint density at radius 1 is 0.818 bits per heavy atom. The summed E-state index contributed by atoms with van der Waals surface area (Å²) in [5.41, 5.74) is 3.10. The molecule has 0 aromatic heterocycles. The van der Waals surface area contributed by atoms with Crippen LogP contribution < -0.4 is 20.9 Å². The normalized spacial score (nSPS) is 10.2. The van der Waals surface area contributed by atoms with Gasteiger partial charge in [0.2, 0.25) is 5.91 Å². The number of para-hydroxylation sites is 1. The average molecular weight is 445 g/mol. The third kappa shape index (κ3) is 6.67. The summed E-state index contributed by atoms with van der Waals surface area (Å²) in [6.45, 7) is 2.67. The summed E-state index contributed by atoms with van der Waals surface area (Å²) in [5.74, 6) is -0.534. The van der Waals surface area contributed by atoms with Gasteiger partial charge in [-0.1, -0.05) is 31.2 Å². The smallest absolute Gasteiger partial charge is 0.258 e. The van der Waals surface area contributed by atoms with Gasteiger partial charge in [0.1, 0.15) is 0 Å². The van der Waals surface area contributed by atoms with E-state index in [2.05, 4.69) is 16.0 Å². The summed E-state index contributed by atoms with van der Waals surface area (Å²) in [6.07, 6.45) is 0.876. The molecule has 0 unspecified atom stereocenters. The first kappa shape index (κ1) is 23.5. The maximum Gasteiger partial charge on any atom is 0.258 e. The summed E-state index contributed by atoms with van der Waals surface area (Å²) in [4.78, 5) is 38.7. The van der Waals surface area contributed by atoms with Crippen molar-refractivity contribution in [1.29, 1.82) is 0 Å². The largest absolute Gasteiger partial charge is 0.376 e. The molecule has 33 heavy (non-hydrogen) atoms. The van der Waals surface area contributed by atoms with Gasteiger partial charge in [-0.3, -0.25) is 14.4 Å². The van der Waals surface area contributed by atoms with E-state index in [0.29, 0.717) is 23.4 Å². The second kappa shape index (κ2) is 11.5. The van der Waals surface area contributed by atoms with Crippen LogP contribution in [0.1, 0.15) is 34.1 Å². The molecule has 0 spiro atoms. The highest BCUT2D eigenvalue weighted by molar-refractivity contribution is 6.06. The Kier molecular flexibility index (Phi) is 8.18. The van der Waals surface area contributed by atoms with Crippen molar-refractivity contribution in [1.82, 2.24) is 5.32 Å². The molecule has 170 valence electrons. The Labute approximate surface area is 193 Å². The number of hydrogen-bond acceptors (Lipinski definition) is 4. The molecule has 3 aromatic rings. The SMILES string of the molecule is CCCNC(=O)c1ccc(NCC(=O)Nc2cccc(C(=O)N(C)c3ccccc3)c2)cc1. The minimum absolute atomic E-state index is 0.0451. The van der Waals surface area contributed by atoms with Gasteiger partial charge in [-0.15, -0.1) is 0 Å². The lowest BCUT2D eigenvalue weighted by Gasteiger charge is -2.17. The molecule has 3 rings (SSSR count). The first-order valence-electron chi connectivity index (χ1n) is 10.8. The number of amides is 3. The van der Waals surface area contributed by atoms with E-state index in [1.807, 2.05) is 37.3 Å². The first-order chi connectivity index (χ1) is 16.0. The molecule has 3 N–H and O–H groups in total.